The minimum Gasteiger partial charge on any atom is -0.449 e. The van der Waals surface area contributed by atoms with Crippen LogP contribution in [0.5, 0.6) is 0 Å². The molecule has 2 aromatic heterocycles. The zero-order valence-corrected chi connectivity index (χ0v) is 9.10. The molecule has 0 bridgehead atoms. The SMILES string of the molecule is Cn1ccc(CNCc2ccc(C#N)o2)c1. The van der Waals surface area contributed by atoms with E-state index in [0.29, 0.717) is 12.3 Å². The first-order chi connectivity index (χ1) is 7.78. The monoisotopic (exact) mass is 215 g/mol. The van der Waals surface area contributed by atoms with E-state index in [1.807, 2.05) is 29.9 Å². The molecule has 1 N–H and O–H groups in total. The van der Waals surface area contributed by atoms with Crippen molar-refractivity contribution in [2.24, 2.45) is 7.05 Å². The molecule has 0 aromatic carbocycles. The summed E-state index contributed by atoms with van der Waals surface area (Å²) in [6, 6.07) is 7.52. The van der Waals surface area contributed by atoms with Crippen LogP contribution in [0.15, 0.2) is 35.0 Å². The molecule has 0 atom stereocenters. The van der Waals surface area contributed by atoms with E-state index in [1.165, 1.54) is 5.56 Å². The number of aryl methyl sites for hydroxylation is 1. The minimum absolute atomic E-state index is 0.358. The number of nitriles is 1. The normalized spacial score (nSPS) is 10.2. The lowest BCUT2D eigenvalue weighted by Gasteiger charge is -1.99. The summed E-state index contributed by atoms with van der Waals surface area (Å²) in [5, 5.41) is 11.8. The lowest BCUT2D eigenvalue weighted by Crippen LogP contribution is -2.11. The topological polar surface area (TPSA) is 53.9 Å². The van der Waals surface area contributed by atoms with Crippen LogP contribution < -0.4 is 5.32 Å². The standard InChI is InChI=1S/C12H13N3O/c1-15-5-4-10(9-15)7-14-8-12-3-2-11(6-13)16-12/h2-5,9,14H,7-8H2,1H3. The van der Waals surface area contributed by atoms with Gasteiger partial charge in [-0.1, -0.05) is 0 Å². The molecule has 0 aliphatic heterocycles. The molecular formula is C12H13N3O. The van der Waals surface area contributed by atoms with Gasteiger partial charge in [0.1, 0.15) is 11.8 Å². The van der Waals surface area contributed by atoms with Gasteiger partial charge in [0.15, 0.2) is 0 Å². The smallest absolute Gasteiger partial charge is 0.203 e. The molecule has 2 heterocycles. The van der Waals surface area contributed by atoms with Gasteiger partial charge < -0.3 is 14.3 Å². The van der Waals surface area contributed by atoms with Gasteiger partial charge >= 0.3 is 0 Å². The number of nitrogens with one attached hydrogen (secondary N) is 1. The van der Waals surface area contributed by atoms with E-state index >= 15 is 0 Å². The summed E-state index contributed by atoms with van der Waals surface area (Å²) in [6.07, 6.45) is 4.08. The van der Waals surface area contributed by atoms with E-state index in [2.05, 4.69) is 17.6 Å². The molecule has 0 radical (unpaired) electrons. The van der Waals surface area contributed by atoms with Crippen LogP contribution in [-0.4, -0.2) is 4.57 Å². The van der Waals surface area contributed by atoms with Crippen molar-refractivity contribution in [2.45, 2.75) is 13.1 Å². The van der Waals surface area contributed by atoms with Gasteiger partial charge in [-0.3, -0.25) is 0 Å². The van der Waals surface area contributed by atoms with E-state index in [0.717, 1.165) is 12.3 Å². The van der Waals surface area contributed by atoms with E-state index in [-0.39, 0.29) is 0 Å². The molecule has 2 rings (SSSR count). The first-order valence-corrected chi connectivity index (χ1v) is 5.08. The second kappa shape index (κ2) is 4.69. The third-order valence-electron chi connectivity index (χ3n) is 2.29. The highest BCUT2D eigenvalue weighted by molar-refractivity contribution is 5.19. The zero-order chi connectivity index (χ0) is 11.4. The van der Waals surface area contributed by atoms with Crippen molar-refractivity contribution in [3.63, 3.8) is 0 Å². The Labute approximate surface area is 94.1 Å². The zero-order valence-electron chi connectivity index (χ0n) is 9.10. The van der Waals surface area contributed by atoms with Crippen molar-refractivity contribution in [2.75, 3.05) is 0 Å². The molecule has 0 unspecified atom stereocenters. The Morgan fingerprint density at radius 2 is 2.25 bits per heavy atom. The fourth-order valence-corrected chi connectivity index (χ4v) is 1.53. The van der Waals surface area contributed by atoms with Crippen molar-refractivity contribution in [3.05, 3.63) is 47.7 Å². The number of hydrogen-bond donors (Lipinski definition) is 1. The Bertz CT molecular complexity index is 504. The van der Waals surface area contributed by atoms with Gasteiger partial charge in [0, 0.05) is 26.0 Å². The predicted molar refractivity (Wildman–Crippen MR) is 59.4 cm³/mol. The van der Waals surface area contributed by atoms with Crippen LogP contribution >= 0.6 is 0 Å². The highest BCUT2D eigenvalue weighted by Gasteiger charge is 2.00. The molecule has 0 saturated carbocycles. The molecular weight excluding hydrogens is 202 g/mol. The molecule has 4 nitrogen and oxygen atoms in total. The molecule has 4 heteroatoms. The van der Waals surface area contributed by atoms with Crippen molar-refractivity contribution in [1.82, 2.24) is 9.88 Å². The van der Waals surface area contributed by atoms with E-state index in [9.17, 15) is 0 Å². The van der Waals surface area contributed by atoms with Crippen LogP contribution in [0.3, 0.4) is 0 Å². The maximum atomic E-state index is 8.59. The Balaban J connectivity index is 1.82. The van der Waals surface area contributed by atoms with Crippen molar-refractivity contribution < 1.29 is 4.42 Å². The van der Waals surface area contributed by atoms with Crippen LogP contribution in [0.4, 0.5) is 0 Å². The van der Waals surface area contributed by atoms with Crippen LogP contribution in [0, 0.1) is 11.3 Å². The molecule has 0 fully saturated rings. The number of rotatable bonds is 4. The van der Waals surface area contributed by atoms with E-state index in [4.69, 9.17) is 9.68 Å². The molecule has 82 valence electrons. The van der Waals surface area contributed by atoms with Crippen molar-refractivity contribution in [1.29, 1.82) is 5.26 Å². The number of aromatic nitrogens is 1. The fourth-order valence-electron chi connectivity index (χ4n) is 1.53. The van der Waals surface area contributed by atoms with Gasteiger partial charge in [0.25, 0.3) is 0 Å². The van der Waals surface area contributed by atoms with Crippen LogP contribution in [0.25, 0.3) is 0 Å². The van der Waals surface area contributed by atoms with Crippen LogP contribution in [0.2, 0.25) is 0 Å². The van der Waals surface area contributed by atoms with Gasteiger partial charge in [-0.25, -0.2) is 0 Å². The third kappa shape index (κ3) is 2.53. The van der Waals surface area contributed by atoms with Gasteiger partial charge in [0.05, 0.1) is 6.54 Å². The van der Waals surface area contributed by atoms with Crippen LogP contribution in [-0.2, 0) is 20.1 Å². The number of furan rings is 1. The van der Waals surface area contributed by atoms with E-state index in [1.54, 1.807) is 6.07 Å². The first kappa shape index (κ1) is 10.5. The summed E-state index contributed by atoms with van der Waals surface area (Å²) in [4.78, 5) is 0. The average Bonchev–Trinajstić information content (AvgIpc) is 2.88. The number of nitrogens with zero attached hydrogens (tertiary/aromatic N) is 2. The summed E-state index contributed by atoms with van der Waals surface area (Å²) in [7, 11) is 2.00. The second-order valence-electron chi connectivity index (χ2n) is 3.67. The molecule has 0 aliphatic carbocycles. The lowest BCUT2D eigenvalue weighted by atomic mass is 10.3. The Kier molecular flexibility index (Phi) is 3.08. The number of hydrogen-bond acceptors (Lipinski definition) is 3. The largest absolute Gasteiger partial charge is 0.449 e. The summed E-state index contributed by atoms with van der Waals surface area (Å²) in [5.41, 5.74) is 1.23. The maximum absolute atomic E-state index is 8.59. The predicted octanol–water partition coefficient (Wildman–Crippen LogP) is 1.78. The maximum Gasteiger partial charge on any atom is 0.203 e. The molecule has 16 heavy (non-hydrogen) atoms. The van der Waals surface area contributed by atoms with Gasteiger partial charge in [-0.2, -0.15) is 5.26 Å². The molecule has 0 saturated heterocycles. The Morgan fingerprint density at radius 3 is 2.88 bits per heavy atom. The van der Waals surface area contributed by atoms with Gasteiger partial charge in [-0.05, 0) is 23.8 Å². The summed E-state index contributed by atoms with van der Waals surface area (Å²) in [5.74, 6) is 1.14. The highest BCUT2D eigenvalue weighted by Crippen LogP contribution is 2.06. The molecule has 0 spiro atoms. The van der Waals surface area contributed by atoms with Gasteiger partial charge in [-0.15, -0.1) is 0 Å². The minimum atomic E-state index is 0.358. The highest BCUT2D eigenvalue weighted by atomic mass is 16.3. The second-order valence-corrected chi connectivity index (χ2v) is 3.67. The summed E-state index contributed by atoms with van der Waals surface area (Å²) < 4.78 is 7.26. The lowest BCUT2D eigenvalue weighted by molar-refractivity contribution is 0.474. The van der Waals surface area contributed by atoms with Gasteiger partial charge in [0.2, 0.25) is 5.76 Å². The summed E-state index contributed by atoms with van der Waals surface area (Å²) in [6.45, 7) is 1.43. The van der Waals surface area contributed by atoms with E-state index < -0.39 is 0 Å². The fraction of sp³-hybridized carbons (Fsp3) is 0.250. The molecule has 0 aliphatic rings. The Morgan fingerprint density at radius 1 is 1.38 bits per heavy atom. The third-order valence-corrected chi connectivity index (χ3v) is 2.29. The molecule has 0 amide bonds. The summed E-state index contributed by atoms with van der Waals surface area (Å²) >= 11 is 0. The quantitative estimate of drug-likeness (QED) is 0.845. The van der Waals surface area contributed by atoms with Crippen LogP contribution in [0.1, 0.15) is 17.1 Å². The average molecular weight is 215 g/mol. The first-order valence-electron chi connectivity index (χ1n) is 5.08. The Hall–Kier alpha value is -1.99. The van der Waals surface area contributed by atoms with Crippen molar-refractivity contribution >= 4 is 0 Å². The van der Waals surface area contributed by atoms with Crippen molar-refractivity contribution in [3.8, 4) is 6.07 Å². The molecule has 2 aromatic rings.